The van der Waals surface area contributed by atoms with Crippen LogP contribution in [0.2, 0.25) is 0 Å². The fourth-order valence-electron chi connectivity index (χ4n) is 1.47. The van der Waals surface area contributed by atoms with E-state index >= 15 is 0 Å². The molecule has 0 amide bonds. The van der Waals surface area contributed by atoms with Gasteiger partial charge in [0.1, 0.15) is 0 Å². The molecule has 1 unspecified atom stereocenters. The van der Waals surface area contributed by atoms with Gasteiger partial charge >= 0.3 is 0 Å². The summed E-state index contributed by atoms with van der Waals surface area (Å²) in [6.07, 6.45) is 5.35. The SMILES string of the molecule is CCCCCPc1ccccc1CN. The van der Waals surface area contributed by atoms with E-state index in [-0.39, 0.29) is 0 Å². The molecule has 0 saturated heterocycles. The highest BCUT2D eigenvalue weighted by Crippen LogP contribution is 2.15. The van der Waals surface area contributed by atoms with Gasteiger partial charge in [0.05, 0.1) is 0 Å². The average Bonchev–Trinajstić information content (AvgIpc) is 2.25. The molecule has 0 aliphatic carbocycles. The van der Waals surface area contributed by atoms with E-state index in [1.807, 2.05) is 0 Å². The lowest BCUT2D eigenvalue weighted by Crippen LogP contribution is -2.09. The molecule has 0 radical (unpaired) electrons. The van der Waals surface area contributed by atoms with Gasteiger partial charge in [0.2, 0.25) is 0 Å². The van der Waals surface area contributed by atoms with Gasteiger partial charge in [0, 0.05) is 6.54 Å². The molecule has 1 aromatic carbocycles. The Morgan fingerprint density at radius 1 is 1.21 bits per heavy atom. The number of nitrogens with two attached hydrogens (primary N) is 1. The Hall–Kier alpha value is -0.390. The van der Waals surface area contributed by atoms with Crippen LogP contribution in [0.3, 0.4) is 0 Å². The fourth-order valence-corrected chi connectivity index (χ4v) is 2.79. The van der Waals surface area contributed by atoms with E-state index in [9.17, 15) is 0 Å². The molecule has 0 aliphatic rings. The molecule has 0 heterocycles. The van der Waals surface area contributed by atoms with Gasteiger partial charge in [0.15, 0.2) is 0 Å². The third-order valence-electron chi connectivity index (χ3n) is 2.33. The van der Waals surface area contributed by atoms with Crippen molar-refractivity contribution in [2.45, 2.75) is 32.7 Å². The number of benzene rings is 1. The van der Waals surface area contributed by atoms with Crippen LogP contribution in [0.25, 0.3) is 0 Å². The molecule has 1 rings (SSSR count). The smallest absolute Gasteiger partial charge is 0.0184 e. The van der Waals surface area contributed by atoms with Crippen molar-refractivity contribution in [3.63, 3.8) is 0 Å². The minimum Gasteiger partial charge on any atom is -0.326 e. The van der Waals surface area contributed by atoms with Crippen LogP contribution in [0.15, 0.2) is 24.3 Å². The highest BCUT2D eigenvalue weighted by Gasteiger charge is 1.98. The molecule has 0 saturated carbocycles. The van der Waals surface area contributed by atoms with Crippen molar-refractivity contribution in [1.29, 1.82) is 0 Å². The standard InChI is InChI=1S/C12H20NP/c1-2-3-6-9-14-12-8-5-4-7-11(12)10-13/h4-5,7-8,14H,2-3,6,9-10,13H2,1H3. The molecule has 0 aliphatic heterocycles. The summed E-state index contributed by atoms with van der Waals surface area (Å²) in [5.41, 5.74) is 7.01. The van der Waals surface area contributed by atoms with Crippen molar-refractivity contribution >= 4 is 13.9 Å². The number of hydrogen-bond donors (Lipinski definition) is 1. The van der Waals surface area contributed by atoms with Crippen LogP contribution in [0.4, 0.5) is 0 Å². The minimum absolute atomic E-state index is 0.678. The Balaban J connectivity index is 2.41. The van der Waals surface area contributed by atoms with Crippen molar-refractivity contribution in [1.82, 2.24) is 0 Å². The third-order valence-corrected chi connectivity index (χ3v) is 3.81. The largest absolute Gasteiger partial charge is 0.326 e. The van der Waals surface area contributed by atoms with Crippen molar-refractivity contribution in [3.8, 4) is 0 Å². The van der Waals surface area contributed by atoms with E-state index < -0.39 is 0 Å². The molecule has 1 atom stereocenters. The summed E-state index contributed by atoms with van der Waals surface area (Å²) in [6.45, 7) is 2.92. The van der Waals surface area contributed by atoms with Crippen LogP contribution in [0, 0.1) is 0 Å². The zero-order valence-electron chi connectivity index (χ0n) is 8.92. The maximum atomic E-state index is 5.69. The molecule has 1 nitrogen and oxygen atoms in total. The summed E-state index contributed by atoms with van der Waals surface area (Å²) in [4.78, 5) is 0. The first-order valence-electron chi connectivity index (χ1n) is 5.40. The Labute approximate surface area is 88.9 Å². The van der Waals surface area contributed by atoms with Crippen LogP contribution in [0.5, 0.6) is 0 Å². The first kappa shape index (κ1) is 11.7. The molecular formula is C12H20NP. The van der Waals surface area contributed by atoms with E-state index in [1.165, 1.54) is 36.3 Å². The highest BCUT2D eigenvalue weighted by molar-refractivity contribution is 7.47. The van der Waals surface area contributed by atoms with Gasteiger partial charge in [0.25, 0.3) is 0 Å². The topological polar surface area (TPSA) is 26.0 Å². The van der Waals surface area contributed by atoms with Gasteiger partial charge in [-0.15, -0.1) is 0 Å². The highest BCUT2D eigenvalue weighted by atomic mass is 31.1. The van der Waals surface area contributed by atoms with Gasteiger partial charge in [-0.25, -0.2) is 0 Å². The van der Waals surface area contributed by atoms with E-state index in [0.717, 1.165) is 8.58 Å². The Bertz CT molecular complexity index is 260. The summed E-state index contributed by atoms with van der Waals surface area (Å²) >= 11 is 0. The Kier molecular flexibility index (Phi) is 5.82. The lowest BCUT2D eigenvalue weighted by molar-refractivity contribution is 0.778. The lowest BCUT2D eigenvalue weighted by atomic mass is 10.2. The predicted octanol–water partition coefficient (Wildman–Crippen LogP) is 2.64. The first-order chi connectivity index (χ1) is 6.88. The van der Waals surface area contributed by atoms with Gasteiger partial charge in [-0.05, 0) is 23.5 Å². The average molecular weight is 209 g/mol. The van der Waals surface area contributed by atoms with E-state index in [0.29, 0.717) is 6.54 Å². The van der Waals surface area contributed by atoms with Gasteiger partial charge < -0.3 is 5.73 Å². The normalized spacial score (nSPS) is 11.3. The molecular weight excluding hydrogens is 189 g/mol. The van der Waals surface area contributed by atoms with Crippen LogP contribution >= 0.6 is 8.58 Å². The van der Waals surface area contributed by atoms with Crippen molar-refractivity contribution in [2.24, 2.45) is 5.73 Å². The zero-order chi connectivity index (χ0) is 10.2. The van der Waals surface area contributed by atoms with Gasteiger partial charge in [-0.2, -0.15) is 0 Å². The monoisotopic (exact) mass is 209 g/mol. The fraction of sp³-hybridized carbons (Fsp3) is 0.500. The third kappa shape index (κ3) is 3.77. The number of hydrogen-bond acceptors (Lipinski definition) is 1. The van der Waals surface area contributed by atoms with Crippen LogP contribution in [-0.4, -0.2) is 6.16 Å². The summed E-state index contributed by atoms with van der Waals surface area (Å²) in [5.74, 6) is 0. The van der Waals surface area contributed by atoms with E-state index in [2.05, 4.69) is 31.2 Å². The van der Waals surface area contributed by atoms with Crippen LogP contribution in [0.1, 0.15) is 31.7 Å². The van der Waals surface area contributed by atoms with Crippen molar-refractivity contribution in [2.75, 3.05) is 6.16 Å². The molecule has 2 N–H and O–H groups in total. The maximum Gasteiger partial charge on any atom is 0.0184 e. The molecule has 0 fully saturated rings. The van der Waals surface area contributed by atoms with Crippen LogP contribution in [-0.2, 0) is 6.54 Å². The second kappa shape index (κ2) is 6.98. The second-order valence-corrected chi connectivity index (χ2v) is 4.89. The van der Waals surface area contributed by atoms with Crippen molar-refractivity contribution in [3.05, 3.63) is 29.8 Å². The molecule has 0 bridgehead atoms. The van der Waals surface area contributed by atoms with Gasteiger partial charge in [-0.1, -0.05) is 52.6 Å². The quantitative estimate of drug-likeness (QED) is 0.565. The summed E-state index contributed by atoms with van der Waals surface area (Å²) < 4.78 is 0. The first-order valence-corrected chi connectivity index (χ1v) is 6.61. The zero-order valence-corrected chi connectivity index (χ0v) is 9.92. The lowest BCUT2D eigenvalue weighted by Gasteiger charge is -2.06. The summed E-state index contributed by atoms with van der Waals surface area (Å²) in [5, 5.41) is 1.46. The summed E-state index contributed by atoms with van der Waals surface area (Å²) in [6, 6.07) is 8.54. The van der Waals surface area contributed by atoms with Crippen molar-refractivity contribution < 1.29 is 0 Å². The predicted molar refractivity (Wildman–Crippen MR) is 66.7 cm³/mol. The number of rotatable bonds is 6. The van der Waals surface area contributed by atoms with Gasteiger partial charge in [-0.3, -0.25) is 0 Å². The molecule has 0 spiro atoms. The molecule has 1 aromatic rings. The molecule has 78 valence electrons. The molecule has 14 heavy (non-hydrogen) atoms. The minimum atomic E-state index is 0.678. The Morgan fingerprint density at radius 2 is 2.00 bits per heavy atom. The Morgan fingerprint density at radius 3 is 2.71 bits per heavy atom. The maximum absolute atomic E-state index is 5.69. The number of unbranched alkanes of at least 4 members (excludes halogenated alkanes) is 2. The van der Waals surface area contributed by atoms with E-state index in [4.69, 9.17) is 5.73 Å². The van der Waals surface area contributed by atoms with E-state index in [1.54, 1.807) is 0 Å². The summed E-state index contributed by atoms with van der Waals surface area (Å²) in [7, 11) is 0.940. The molecule has 2 heteroatoms. The molecule has 0 aromatic heterocycles. The second-order valence-electron chi connectivity index (χ2n) is 3.50. The van der Waals surface area contributed by atoms with Crippen LogP contribution < -0.4 is 11.0 Å².